The molecule has 0 bridgehead atoms. The lowest BCUT2D eigenvalue weighted by Crippen LogP contribution is -2.38. The van der Waals surface area contributed by atoms with E-state index in [1.54, 1.807) is 0 Å². The molecule has 4 heterocycles. The molecule has 3 fully saturated rings. The Balaban J connectivity index is 1.39. The molecule has 0 aromatic carbocycles. The minimum atomic E-state index is -0.506. The van der Waals surface area contributed by atoms with Gasteiger partial charge < -0.3 is 25.5 Å². The maximum Gasteiger partial charge on any atom is 0.260 e. The van der Waals surface area contributed by atoms with Crippen LogP contribution in [0.1, 0.15) is 62.7 Å². The van der Waals surface area contributed by atoms with E-state index >= 15 is 0 Å². The fourth-order valence-electron chi connectivity index (χ4n) is 4.99. The van der Waals surface area contributed by atoms with Gasteiger partial charge in [-0.2, -0.15) is 0 Å². The van der Waals surface area contributed by atoms with E-state index in [4.69, 9.17) is 4.98 Å². The van der Waals surface area contributed by atoms with E-state index in [2.05, 4.69) is 25.4 Å². The fraction of sp³-hybridized carbons (Fsp3) is 0.577. The first-order chi connectivity index (χ1) is 16.4. The van der Waals surface area contributed by atoms with Gasteiger partial charge in [-0.1, -0.05) is 6.07 Å². The number of aliphatic hydroxyl groups excluding tert-OH is 1. The van der Waals surface area contributed by atoms with Crippen molar-refractivity contribution in [2.24, 2.45) is 5.41 Å². The lowest BCUT2D eigenvalue weighted by molar-refractivity contribution is 0.102. The summed E-state index contributed by atoms with van der Waals surface area (Å²) in [7, 11) is 0. The number of pyridine rings is 2. The summed E-state index contributed by atoms with van der Waals surface area (Å²) in [6, 6.07) is 9.43. The Bertz CT molecular complexity index is 1040. The molecule has 8 heteroatoms. The Morgan fingerprint density at radius 2 is 1.71 bits per heavy atom. The second-order valence-corrected chi connectivity index (χ2v) is 10.8. The van der Waals surface area contributed by atoms with Crippen molar-refractivity contribution in [3.63, 3.8) is 0 Å². The quantitative estimate of drug-likeness (QED) is 0.572. The van der Waals surface area contributed by atoms with Gasteiger partial charge in [0.05, 0.1) is 17.7 Å². The van der Waals surface area contributed by atoms with Crippen molar-refractivity contribution in [1.82, 2.24) is 9.97 Å². The second-order valence-electron chi connectivity index (χ2n) is 10.8. The molecule has 1 saturated carbocycles. The minimum absolute atomic E-state index is 0.0164. The predicted molar refractivity (Wildman–Crippen MR) is 136 cm³/mol. The molecule has 0 atom stereocenters. The molecule has 3 N–H and O–H groups in total. The van der Waals surface area contributed by atoms with Gasteiger partial charge in [0.2, 0.25) is 0 Å². The van der Waals surface area contributed by atoms with E-state index in [1.165, 1.54) is 25.7 Å². The van der Waals surface area contributed by atoms with Gasteiger partial charge in [0.25, 0.3) is 5.91 Å². The molecule has 8 nitrogen and oxygen atoms in total. The highest BCUT2D eigenvalue weighted by Gasteiger charge is 2.45. The Morgan fingerprint density at radius 3 is 2.38 bits per heavy atom. The number of hydrogen-bond donors (Lipinski definition) is 3. The average Bonchev–Trinajstić information content (AvgIpc) is 3.35. The topological polar surface area (TPSA) is 93.6 Å². The highest BCUT2D eigenvalue weighted by molar-refractivity contribution is 6.07. The van der Waals surface area contributed by atoms with Crippen LogP contribution in [0.15, 0.2) is 30.3 Å². The molecule has 1 aliphatic carbocycles. The summed E-state index contributed by atoms with van der Waals surface area (Å²) in [5.41, 5.74) is 0.578. The second kappa shape index (κ2) is 9.06. The van der Waals surface area contributed by atoms with Crippen molar-refractivity contribution in [1.29, 1.82) is 0 Å². The van der Waals surface area contributed by atoms with Gasteiger partial charge in [0.1, 0.15) is 23.3 Å². The average molecular weight is 465 g/mol. The summed E-state index contributed by atoms with van der Waals surface area (Å²) in [5.74, 6) is 2.62. The van der Waals surface area contributed by atoms with Crippen molar-refractivity contribution in [2.75, 3.05) is 53.2 Å². The first-order valence-corrected chi connectivity index (χ1v) is 12.5. The third-order valence-electron chi connectivity index (χ3n) is 7.47. The molecule has 1 spiro atoms. The van der Waals surface area contributed by atoms with Gasteiger partial charge in [0, 0.05) is 26.2 Å². The number of aromatic nitrogens is 2. The number of aliphatic hydroxyl groups is 1. The van der Waals surface area contributed by atoms with Gasteiger partial charge in [-0.25, -0.2) is 9.97 Å². The molecule has 3 aliphatic rings. The number of nitrogens with one attached hydrogen (secondary N) is 2. The van der Waals surface area contributed by atoms with E-state index in [1.807, 2.05) is 44.2 Å². The van der Waals surface area contributed by atoms with Crippen LogP contribution in [0.3, 0.4) is 0 Å². The monoisotopic (exact) mass is 464 g/mol. The van der Waals surface area contributed by atoms with Crippen LogP contribution in [0.4, 0.5) is 23.3 Å². The maximum atomic E-state index is 13.4. The first kappa shape index (κ1) is 22.9. The van der Waals surface area contributed by atoms with Crippen LogP contribution in [-0.2, 0) is 0 Å². The van der Waals surface area contributed by atoms with Gasteiger partial charge in [-0.05, 0) is 82.1 Å². The van der Waals surface area contributed by atoms with E-state index in [9.17, 15) is 9.90 Å². The highest BCUT2D eigenvalue weighted by atomic mass is 16.3. The molecule has 5 rings (SSSR count). The molecular weight excluding hydrogens is 428 g/mol. The molecular formula is C26H36N6O2. The normalized spacial score (nSPS) is 19.4. The van der Waals surface area contributed by atoms with Gasteiger partial charge in [-0.3, -0.25) is 4.79 Å². The number of carbonyl (C=O) groups excluding carboxylic acids is 1. The third-order valence-corrected chi connectivity index (χ3v) is 7.47. The largest absolute Gasteiger partial charge is 0.394 e. The van der Waals surface area contributed by atoms with Crippen molar-refractivity contribution < 1.29 is 9.90 Å². The molecule has 2 saturated heterocycles. The number of rotatable bonds is 7. The predicted octanol–water partition coefficient (Wildman–Crippen LogP) is 3.89. The van der Waals surface area contributed by atoms with Crippen molar-refractivity contribution in [3.8, 4) is 0 Å². The number of carbonyl (C=O) groups is 1. The summed E-state index contributed by atoms with van der Waals surface area (Å²) in [4.78, 5) is 27.4. The summed E-state index contributed by atoms with van der Waals surface area (Å²) < 4.78 is 0. The molecule has 2 aromatic heterocycles. The highest BCUT2D eigenvalue weighted by Crippen LogP contribution is 2.54. The van der Waals surface area contributed by atoms with E-state index < -0.39 is 5.54 Å². The van der Waals surface area contributed by atoms with E-state index in [0.29, 0.717) is 28.4 Å². The van der Waals surface area contributed by atoms with Gasteiger partial charge in [-0.15, -0.1) is 0 Å². The molecule has 2 aromatic rings. The van der Waals surface area contributed by atoms with E-state index in [0.717, 1.165) is 44.8 Å². The molecule has 182 valence electrons. The zero-order valence-electron chi connectivity index (χ0n) is 20.3. The van der Waals surface area contributed by atoms with Crippen molar-refractivity contribution in [3.05, 3.63) is 35.9 Å². The van der Waals surface area contributed by atoms with Crippen molar-refractivity contribution >= 4 is 29.2 Å². The SMILES string of the molecule is CC(C)(CO)Nc1ccc(C(=O)Nc2cccc(N3CCCC3)n2)c(N2CCC3(CC2)CC3)n1. The number of hydrogen-bond acceptors (Lipinski definition) is 7. The van der Waals surface area contributed by atoms with Crippen LogP contribution >= 0.6 is 0 Å². The lowest BCUT2D eigenvalue weighted by atomic mass is 9.93. The summed E-state index contributed by atoms with van der Waals surface area (Å²) >= 11 is 0. The van der Waals surface area contributed by atoms with Gasteiger partial charge >= 0.3 is 0 Å². The summed E-state index contributed by atoms with van der Waals surface area (Å²) in [5, 5.41) is 16.0. The maximum absolute atomic E-state index is 13.4. The van der Waals surface area contributed by atoms with E-state index in [-0.39, 0.29) is 12.5 Å². The number of anilines is 4. The summed E-state index contributed by atoms with van der Waals surface area (Å²) in [6.45, 7) is 7.65. The molecule has 2 aliphatic heterocycles. The Hall–Kier alpha value is -2.87. The van der Waals surface area contributed by atoms with Gasteiger partial charge in [0.15, 0.2) is 0 Å². The first-order valence-electron chi connectivity index (χ1n) is 12.5. The number of nitrogens with zero attached hydrogens (tertiary/aromatic N) is 4. The van der Waals surface area contributed by atoms with Crippen LogP contribution in [0.25, 0.3) is 0 Å². The fourth-order valence-corrected chi connectivity index (χ4v) is 4.99. The van der Waals surface area contributed by atoms with Crippen LogP contribution < -0.4 is 20.4 Å². The van der Waals surface area contributed by atoms with Crippen LogP contribution in [0, 0.1) is 5.41 Å². The molecule has 1 amide bonds. The molecule has 0 unspecified atom stereocenters. The number of amides is 1. The Labute approximate surface area is 201 Å². The Morgan fingerprint density at radius 1 is 0.971 bits per heavy atom. The number of piperidine rings is 1. The zero-order chi connectivity index (χ0) is 23.8. The van der Waals surface area contributed by atoms with Crippen LogP contribution in [0.2, 0.25) is 0 Å². The van der Waals surface area contributed by atoms with Crippen LogP contribution in [-0.4, -0.2) is 59.3 Å². The van der Waals surface area contributed by atoms with Crippen LogP contribution in [0.5, 0.6) is 0 Å². The zero-order valence-corrected chi connectivity index (χ0v) is 20.3. The van der Waals surface area contributed by atoms with Crippen molar-refractivity contribution in [2.45, 2.75) is 57.9 Å². The standard InChI is InChI=1S/C26H36N6O2/c1-25(2,18-33)30-21-9-8-19(23(28-21)32-16-12-26(10-11-26)13-17-32)24(34)29-20-6-5-7-22(27-20)31-14-3-4-15-31/h5-9,33H,3-4,10-18H2,1-2H3,(H,28,30)(H,27,29,34). The molecule has 0 radical (unpaired) electrons. The minimum Gasteiger partial charge on any atom is -0.394 e. The Kier molecular flexibility index (Phi) is 6.10. The third kappa shape index (κ3) is 4.97. The lowest BCUT2D eigenvalue weighted by Gasteiger charge is -2.34. The smallest absolute Gasteiger partial charge is 0.260 e. The molecule has 34 heavy (non-hydrogen) atoms. The summed E-state index contributed by atoms with van der Waals surface area (Å²) in [6.07, 6.45) is 7.31.